The van der Waals surface area contributed by atoms with Gasteiger partial charge in [-0.2, -0.15) is 0 Å². The van der Waals surface area contributed by atoms with Gasteiger partial charge in [-0.15, -0.1) is 11.3 Å². The summed E-state index contributed by atoms with van der Waals surface area (Å²) in [6, 6.07) is 2.34. The van der Waals surface area contributed by atoms with Gasteiger partial charge in [-0.25, -0.2) is 22.7 Å². The van der Waals surface area contributed by atoms with Crippen molar-refractivity contribution in [2.45, 2.75) is 25.8 Å². The predicted molar refractivity (Wildman–Crippen MR) is 85.2 cm³/mol. The number of piperidine rings is 1. The molecule has 0 bridgehead atoms. The molecule has 3 heterocycles. The summed E-state index contributed by atoms with van der Waals surface area (Å²) in [6.07, 6.45) is 4.43. The zero-order valence-corrected chi connectivity index (χ0v) is 13.7. The van der Waals surface area contributed by atoms with E-state index in [1.165, 1.54) is 15.4 Å². The number of aromatic nitrogens is 2. The van der Waals surface area contributed by atoms with E-state index in [1.54, 1.807) is 17.7 Å². The molecule has 21 heavy (non-hydrogen) atoms. The van der Waals surface area contributed by atoms with E-state index in [1.807, 2.05) is 0 Å². The zero-order chi connectivity index (χ0) is 15.0. The monoisotopic (exact) mass is 326 g/mol. The minimum atomic E-state index is -3.07. The van der Waals surface area contributed by atoms with Crippen molar-refractivity contribution in [2.24, 2.45) is 0 Å². The Hall–Kier alpha value is -1.25. The molecule has 2 aromatic heterocycles. The summed E-state index contributed by atoms with van der Waals surface area (Å²) < 4.78 is 24.6. The quantitative estimate of drug-likeness (QED) is 0.931. The molecule has 1 saturated heterocycles. The number of nitrogens with one attached hydrogen (secondary N) is 1. The van der Waals surface area contributed by atoms with Crippen LogP contribution in [0.15, 0.2) is 12.4 Å². The lowest BCUT2D eigenvalue weighted by atomic mass is 10.1. The Morgan fingerprint density at radius 2 is 2.05 bits per heavy atom. The van der Waals surface area contributed by atoms with Gasteiger partial charge >= 0.3 is 0 Å². The molecule has 0 radical (unpaired) electrons. The molecule has 3 rings (SSSR count). The lowest BCUT2D eigenvalue weighted by Crippen LogP contribution is -2.41. The van der Waals surface area contributed by atoms with Gasteiger partial charge in [-0.05, 0) is 25.8 Å². The lowest BCUT2D eigenvalue weighted by molar-refractivity contribution is 0.331. The molecule has 8 heteroatoms. The Morgan fingerprint density at radius 1 is 1.33 bits per heavy atom. The third-order valence-corrected chi connectivity index (χ3v) is 5.98. The van der Waals surface area contributed by atoms with Crippen LogP contribution in [0.5, 0.6) is 0 Å². The molecule has 0 saturated carbocycles. The maximum absolute atomic E-state index is 11.5. The number of aryl methyl sites for hydroxylation is 1. The minimum Gasteiger partial charge on any atom is -0.367 e. The molecule has 1 aliphatic heterocycles. The first-order valence-corrected chi connectivity index (χ1v) is 9.53. The molecule has 6 nitrogen and oxygen atoms in total. The van der Waals surface area contributed by atoms with Crippen LogP contribution in [0.1, 0.15) is 17.7 Å². The van der Waals surface area contributed by atoms with Gasteiger partial charge in [0.15, 0.2) is 0 Å². The Labute approximate surface area is 128 Å². The van der Waals surface area contributed by atoms with Crippen molar-refractivity contribution in [3.63, 3.8) is 0 Å². The van der Waals surface area contributed by atoms with Gasteiger partial charge in [0, 0.05) is 24.0 Å². The highest BCUT2D eigenvalue weighted by Crippen LogP contribution is 2.28. The van der Waals surface area contributed by atoms with Crippen molar-refractivity contribution in [3.05, 3.63) is 17.3 Å². The van der Waals surface area contributed by atoms with E-state index in [0.717, 1.165) is 28.9 Å². The summed E-state index contributed by atoms with van der Waals surface area (Å²) in [6.45, 7) is 3.18. The molecule has 1 N–H and O–H groups in total. The van der Waals surface area contributed by atoms with E-state index in [0.29, 0.717) is 13.1 Å². The number of hydrogen-bond acceptors (Lipinski definition) is 6. The van der Waals surface area contributed by atoms with Crippen LogP contribution < -0.4 is 5.32 Å². The Kier molecular flexibility index (Phi) is 3.85. The van der Waals surface area contributed by atoms with E-state index < -0.39 is 10.0 Å². The molecular weight excluding hydrogens is 308 g/mol. The van der Waals surface area contributed by atoms with Crippen LogP contribution in [0, 0.1) is 6.92 Å². The number of anilines is 1. The zero-order valence-electron chi connectivity index (χ0n) is 12.0. The second kappa shape index (κ2) is 5.51. The second-order valence-corrected chi connectivity index (χ2v) is 8.60. The molecule has 1 fully saturated rings. The number of rotatable bonds is 3. The van der Waals surface area contributed by atoms with E-state index in [9.17, 15) is 8.42 Å². The summed E-state index contributed by atoms with van der Waals surface area (Å²) in [5, 5.41) is 4.49. The fraction of sp³-hybridized carbons (Fsp3) is 0.538. The van der Waals surface area contributed by atoms with Crippen LogP contribution in [0.4, 0.5) is 5.82 Å². The number of sulfonamides is 1. The summed E-state index contributed by atoms with van der Waals surface area (Å²) >= 11 is 1.65. The minimum absolute atomic E-state index is 0.251. The molecule has 0 amide bonds. The fourth-order valence-corrected chi connectivity index (χ4v) is 4.34. The van der Waals surface area contributed by atoms with E-state index in [2.05, 4.69) is 28.3 Å². The summed E-state index contributed by atoms with van der Waals surface area (Å²) in [5.41, 5.74) is 0. The third kappa shape index (κ3) is 3.17. The number of fused-ring (bicyclic) bond motifs is 1. The van der Waals surface area contributed by atoms with E-state index >= 15 is 0 Å². The maximum Gasteiger partial charge on any atom is 0.211 e. The Balaban J connectivity index is 1.73. The normalized spacial score (nSPS) is 18.2. The summed E-state index contributed by atoms with van der Waals surface area (Å²) in [7, 11) is -3.07. The van der Waals surface area contributed by atoms with Gasteiger partial charge in [-0.1, -0.05) is 0 Å². The molecule has 1 aliphatic rings. The van der Waals surface area contributed by atoms with Gasteiger partial charge in [0.1, 0.15) is 17.0 Å². The third-order valence-electron chi connectivity index (χ3n) is 3.72. The van der Waals surface area contributed by atoms with Crippen molar-refractivity contribution in [1.29, 1.82) is 0 Å². The average molecular weight is 326 g/mol. The van der Waals surface area contributed by atoms with Crippen molar-refractivity contribution in [2.75, 3.05) is 24.7 Å². The topological polar surface area (TPSA) is 75.2 Å². The highest BCUT2D eigenvalue weighted by Gasteiger charge is 2.25. The number of nitrogens with zero attached hydrogens (tertiary/aromatic N) is 3. The lowest BCUT2D eigenvalue weighted by Gasteiger charge is -2.30. The largest absolute Gasteiger partial charge is 0.367 e. The van der Waals surface area contributed by atoms with Gasteiger partial charge in [0.05, 0.1) is 11.6 Å². The standard InChI is InChI=1S/C13H18N4O2S2/c1-9-7-11-12(14-8-15-13(11)20-9)16-10-3-5-17(6-4-10)21(2,18)19/h7-8,10H,3-6H2,1-2H3,(H,14,15,16). The molecule has 0 unspecified atom stereocenters. The van der Waals surface area contributed by atoms with Crippen LogP contribution in [0.2, 0.25) is 0 Å². The van der Waals surface area contributed by atoms with Gasteiger partial charge < -0.3 is 5.32 Å². The molecule has 0 spiro atoms. The van der Waals surface area contributed by atoms with Gasteiger partial charge in [0.25, 0.3) is 0 Å². The van der Waals surface area contributed by atoms with E-state index in [-0.39, 0.29) is 6.04 Å². The summed E-state index contributed by atoms with van der Waals surface area (Å²) in [5.74, 6) is 0.849. The molecule has 0 aromatic carbocycles. The first kappa shape index (κ1) is 14.7. The van der Waals surface area contributed by atoms with Crippen LogP contribution in [-0.2, 0) is 10.0 Å². The highest BCUT2D eigenvalue weighted by atomic mass is 32.2. The predicted octanol–water partition coefficient (Wildman–Crippen LogP) is 1.84. The van der Waals surface area contributed by atoms with Crippen LogP contribution >= 0.6 is 11.3 Å². The molecule has 0 aliphatic carbocycles. The molecular formula is C13H18N4O2S2. The number of hydrogen-bond donors (Lipinski definition) is 1. The van der Waals surface area contributed by atoms with Crippen molar-refractivity contribution in [3.8, 4) is 0 Å². The highest BCUT2D eigenvalue weighted by molar-refractivity contribution is 7.88. The number of thiophene rings is 1. The van der Waals surface area contributed by atoms with Crippen LogP contribution in [0.3, 0.4) is 0 Å². The SMILES string of the molecule is Cc1cc2c(NC3CCN(S(C)(=O)=O)CC3)ncnc2s1. The van der Waals surface area contributed by atoms with Crippen molar-refractivity contribution >= 4 is 37.4 Å². The molecule has 2 aromatic rings. The smallest absolute Gasteiger partial charge is 0.211 e. The van der Waals surface area contributed by atoms with Gasteiger partial charge in [-0.3, -0.25) is 0 Å². The fourth-order valence-electron chi connectivity index (χ4n) is 2.62. The maximum atomic E-state index is 11.5. The Bertz CT molecular complexity index is 749. The Morgan fingerprint density at radius 3 is 2.71 bits per heavy atom. The second-order valence-electron chi connectivity index (χ2n) is 5.38. The van der Waals surface area contributed by atoms with Crippen molar-refractivity contribution in [1.82, 2.24) is 14.3 Å². The average Bonchev–Trinajstić information content (AvgIpc) is 2.80. The van der Waals surface area contributed by atoms with Crippen LogP contribution in [0.25, 0.3) is 10.2 Å². The molecule has 114 valence electrons. The van der Waals surface area contributed by atoms with Crippen LogP contribution in [-0.4, -0.2) is 48.1 Å². The molecule has 0 atom stereocenters. The van der Waals surface area contributed by atoms with E-state index in [4.69, 9.17) is 0 Å². The van der Waals surface area contributed by atoms with Gasteiger partial charge in [0.2, 0.25) is 10.0 Å². The van der Waals surface area contributed by atoms with Crippen molar-refractivity contribution < 1.29 is 8.42 Å². The summed E-state index contributed by atoms with van der Waals surface area (Å²) in [4.78, 5) is 10.8. The first-order valence-electron chi connectivity index (χ1n) is 6.86. The first-order chi connectivity index (χ1) is 9.93.